The fraction of sp³-hybridized carbons (Fsp3) is 0.278. The SMILES string of the molecule is Cn1ncc2c1CCC[C@@H]2NC(=O)c1ccc(-n2cccn2)c(F)c1. The molecule has 128 valence electrons. The summed E-state index contributed by atoms with van der Waals surface area (Å²) in [6.07, 6.45) is 7.85. The van der Waals surface area contributed by atoms with Gasteiger partial charge in [-0.15, -0.1) is 0 Å². The lowest BCUT2D eigenvalue weighted by atomic mass is 9.92. The number of hydrogen-bond donors (Lipinski definition) is 1. The van der Waals surface area contributed by atoms with Crippen molar-refractivity contribution in [1.82, 2.24) is 24.9 Å². The molecule has 25 heavy (non-hydrogen) atoms. The zero-order chi connectivity index (χ0) is 17.4. The highest BCUT2D eigenvalue weighted by molar-refractivity contribution is 5.94. The van der Waals surface area contributed by atoms with E-state index in [1.54, 1.807) is 36.8 Å². The van der Waals surface area contributed by atoms with Crippen LogP contribution in [-0.2, 0) is 13.5 Å². The summed E-state index contributed by atoms with van der Waals surface area (Å²) in [7, 11) is 1.91. The first-order valence-corrected chi connectivity index (χ1v) is 8.24. The Labute approximate surface area is 144 Å². The number of nitrogens with zero attached hydrogens (tertiary/aromatic N) is 4. The second-order valence-corrected chi connectivity index (χ2v) is 6.21. The molecule has 0 bridgehead atoms. The van der Waals surface area contributed by atoms with Crippen LogP contribution in [-0.4, -0.2) is 25.5 Å². The van der Waals surface area contributed by atoms with Crippen molar-refractivity contribution >= 4 is 5.91 Å². The predicted octanol–water partition coefficient (Wildman–Crippen LogP) is 2.55. The van der Waals surface area contributed by atoms with E-state index in [-0.39, 0.29) is 11.9 Å². The highest BCUT2D eigenvalue weighted by Crippen LogP contribution is 2.29. The second kappa shape index (κ2) is 6.16. The molecule has 3 aromatic rings. The predicted molar refractivity (Wildman–Crippen MR) is 89.9 cm³/mol. The van der Waals surface area contributed by atoms with E-state index < -0.39 is 5.82 Å². The van der Waals surface area contributed by atoms with Crippen LogP contribution in [0.2, 0.25) is 0 Å². The molecular weight excluding hydrogens is 321 g/mol. The number of aromatic nitrogens is 4. The number of fused-ring (bicyclic) bond motifs is 1. The molecule has 1 amide bonds. The molecular formula is C18H18FN5O. The van der Waals surface area contributed by atoms with Crippen LogP contribution in [0.15, 0.2) is 42.9 Å². The molecule has 1 atom stereocenters. The summed E-state index contributed by atoms with van der Waals surface area (Å²) in [5, 5.41) is 11.3. The first-order chi connectivity index (χ1) is 12.1. The van der Waals surface area contributed by atoms with Crippen LogP contribution in [0.4, 0.5) is 4.39 Å². The van der Waals surface area contributed by atoms with Crippen molar-refractivity contribution in [3.8, 4) is 5.69 Å². The van der Waals surface area contributed by atoms with E-state index in [0.29, 0.717) is 11.3 Å². The first-order valence-electron chi connectivity index (χ1n) is 8.24. The van der Waals surface area contributed by atoms with E-state index in [1.807, 2.05) is 11.7 Å². The Kier molecular flexibility index (Phi) is 3.83. The van der Waals surface area contributed by atoms with Crippen molar-refractivity contribution in [3.63, 3.8) is 0 Å². The number of nitrogens with one attached hydrogen (secondary N) is 1. The normalized spacial score (nSPS) is 16.5. The zero-order valence-corrected chi connectivity index (χ0v) is 13.8. The van der Waals surface area contributed by atoms with Crippen molar-refractivity contribution < 1.29 is 9.18 Å². The Balaban J connectivity index is 1.55. The Bertz CT molecular complexity index is 916. The average molecular weight is 339 g/mol. The van der Waals surface area contributed by atoms with Gasteiger partial charge in [-0.2, -0.15) is 10.2 Å². The molecule has 0 spiro atoms. The molecule has 2 heterocycles. The van der Waals surface area contributed by atoms with Gasteiger partial charge in [0, 0.05) is 36.3 Å². The maximum Gasteiger partial charge on any atom is 0.251 e. The van der Waals surface area contributed by atoms with E-state index in [9.17, 15) is 9.18 Å². The molecule has 1 aliphatic rings. The molecule has 0 unspecified atom stereocenters. The summed E-state index contributed by atoms with van der Waals surface area (Å²) in [5.41, 5.74) is 2.81. The molecule has 0 saturated carbocycles. The standard InChI is InChI=1S/C18H18FN5O/c1-23-16-5-2-4-15(13(16)11-21-23)22-18(25)12-6-7-17(14(19)10-12)24-9-3-8-20-24/h3,6-11,15H,2,4-5H2,1H3,(H,22,25)/t15-/m0/s1. The minimum atomic E-state index is -0.484. The van der Waals surface area contributed by atoms with Gasteiger partial charge in [-0.05, 0) is 43.5 Å². The molecule has 4 rings (SSSR count). The maximum atomic E-state index is 14.3. The highest BCUT2D eigenvalue weighted by Gasteiger charge is 2.25. The summed E-state index contributed by atoms with van der Waals surface area (Å²) in [4.78, 5) is 12.6. The number of amides is 1. The second-order valence-electron chi connectivity index (χ2n) is 6.21. The van der Waals surface area contributed by atoms with Gasteiger partial charge >= 0.3 is 0 Å². The molecule has 0 fully saturated rings. The number of benzene rings is 1. The van der Waals surface area contributed by atoms with Gasteiger partial charge in [-0.3, -0.25) is 9.48 Å². The lowest BCUT2D eigenvalue weighted by Crippen LogP contribution is -2.31. The molecule has 1 aliphatic carbocycles. The van der Waals surface area contributed by atoms with Gasteiger partial charge in [0.15, 0.2) is 0 Å². The summed E-state index contributed by atoms with van der Waals surface area (Å²) in [5.74, 6) is -0.769. The lowest BCUT2D eigenvalue weighted by molar-refractivity contribution is 0.0932. The van der Waals surface area contributed by atoms with Gasteiger partial charge in [-0.25, -0.2) is 9.07 Å². The van der Waals surface area contributed by atoms with Crippen molar-refractivity contribution in [3.05, 3.63) is 65.5 Å². The molecule has 6 nitrogen and oxygen atoms in total. The van der Waals surface area contributed by atoms with Crippen molar-refractivity contribution in [1.29, 1.82) is 0 Å². The zero-order valence-electron chi connectivity index (χ0n) is 13.8. The van der Waals surface area contributed by atoms with Gasteiger partial charge in [0.2, 0.25) is 0 Å². The molecule has 1 aromatic carbocycles. The summed E-state index contributed by atoms with van der Waals surface area (Å²) in [6.45, 7) is 0. The quantitative estimate of drug-likeness (QED) is 0.797. The van der Waals surface area contributed by atoms with Crippen LogP contribution in [0.5, 0.6) is 0 Å². The fourth-order valence-electron chi connectivity index (χ4n) is 3.34. The largest absolute Gasteiger partial charge is 0.345 e. The average Bonchev–Trinajstić information content (AvgIpc) is 3.26. The number of hydrogen-bond acceptors (Lipinski definition) is 3. The topological polar surface area (TPSA) is 64.7 Å². The van der Waals surface area contributed by atoms with Crippen LogP contribution in [0.25, 0.3) is 5.69 Å². The van der Waals surface area contributed by atoms with Gasteiger partial charge in [0.05, 0.1) is 12.2 Å². The summed E-state index contributed by atoms with van der Waals surface area (Å²) >= 11 is 0. The fourth-order valence-corrected chi connectivity index (χ4v) is 3.34. The molecule has 1 N–H and O–H groups in total. The van der Waals surface area contributed by atoms with E-state index in [1.165, 1.54) is 10.7 Å². The maximum absolute atomic E-state index is 14.3. The minimum Gasteiger partial charge on any atom is -0.345 e. The Morgan fingerprint density at radius 3 is 3.00 bits per heavy atom. The molecule has 0 aliphatic heterocycles. The minimum absolute atomic E-state index is 0.0844. The van der Waals surface area contributed by atoms with Gasteiger partial charge in [0.1, 0.15) is 11.5 Å². The third-order valence-corrected chi connectivity index (χ3v) is 4.64. The van der Waals surface area contributed by atoms with Crippen LogP contribution in [0.3, 0.4) is 0 Å². The monoisotopic (exact) mass is 339 g/mol. The third kappa shape index (κ3) is 2.82. The van der Waals surface area contributed by atoms with E-state index in [0.717, 1.165) is 30.5 Å². The summed E-state index contributed by atoms with van der Waals surface area (Å²) in [6, 6.07) is 6.06. The van der Waals surface area contributed by atoms with E-state index in [4.69, 9.17) is 0 Å². The molecule has 0 radical (unpaired) electrons. The smallest absolute Gasteiger partial charge is 0.251 e. The van der Waals surface area contributed by atoms with Crippen molar-refractivity contribution in [2.45, 2.75) is 25.3 Å². The molecule has 0 saturated heterocycles. The van der Waals surface area contributed by atoms with Crippen LogP contribution in [0, 0.1) is 5.82 Å². The van der Waals surface area contributed by atoms with E-state index in [2.05, 4.69) is 15.5 Å². The Hall–Kier alpha value is -2.96. The molecule has 2 aromatic heterocycles. The number of halogens is 1. The highest BCUT2D eigenvalue weighted by atomic mass is 19.1. The lowest BCUT2D eigenvalue weighted by Gasteiger charge is -2.24. The number of carbonyl (C=O) groups excluding carboxylic acids is 1. The van der Waals surface area contributed by atoms with Gasteiger partial charge < -0.3 is 5.32 Å². The van der Waals surface area contributed by atoms with Crippen LogP contribution >= 0.6 is 0 Å². The Morgan fingerprint density at radius 1 is 1.36 bits per heavy atom. The third-order valence-electron chi connectivity index (χ3n) is 4.64. The molecule has 7 heteroatoms. The van der Waals surface area contributed by atoms with Gasteiger partial charge in [0.25, 0.3) is 5.91 Å². The number of aryl methyl sites for hydroxylation is 1. The van der Waals surface area contributed by atoms with E-state index >= 15 is 0 Å². The number of carbonyl (C=O) groups is 1. The van der Waals surface area contributed by atoms with Crippen LogP contribution < -0.4 is 5.32 Å². The van der Waals surface area contributed by atoms with Crippen LogP contribution in [0.1, 0.15) is 40.5 Å². The van der Waals surface area contributed by atoms with Crippen molar-refractivity contribution in [2.24, 2.45) is 7.05 Å². The number of rotatable bonds is 3. The Morgan fingerprint density at radius 2 is 2.24 bits per heavy atom. The van der Waals surface area contributed by atoms with Gasteiger partial charge in [-0.1, -0.05) is 0 Å². The first kappa shape index (κ1) is 15.6. The summed E-state index contributed by atoms with van der Waals surface area (Å²) < 4.78 is 17.6. The van der Waals surface area contributed by atoms with Crippen molar-refractivity contribution in [2.75, 3.05) is 0 Å².